The second-order valence-corrected chi connectivity index (χ2v) is 4.05. The Kier molecular flexibility index (Phi) is 1.86. The van der Waals surface area contributed by atoms with Crippen LogP contribution >= 0.6 is 0 Å². The fourth-order valence-corrected chi connectivity index (χ4v) is 1.78. The third-order valence-corrected chi connectivity index (χ3v) is 2.75. The van der Waals surface area contributed by atoms with Gasteiger partial charge in [-0.3, -0.25) is 0 Å². The van der Waals surface area contributed by atoms with Crippen molar-refractivity contribution in [2.75, 3.05) is 5.73 Å². The Bertz CT molecular complexity index is 513. The Labute approximate surface area is 92.5 Å². The van der Waals surface area contributed by atoms with Crippen LogP contribution in [0.15, 0.2) is 24.3 Å². The molecule has 16 heavy (non-hydrogen) atoms. The molecule has 0 aliphatic heterocycles. The van der Waals surface area contributed by atoms with Crippen LogP contribution in [0, 0.1) is 0 Å². The van der Waals surface area contributed by atoms with E-state index >= 15 is 0 Å². The summed E-state index contributed by atoms with van der Waals surface area (Å²) in [6.45, 7) is 0. The maximum atomic E-state index is 9.25. The van der Waals surface area contributed by atoms with Gasteiger partial charge < -0.3 is 10.8 Å². The van der Waals surface area contributed by atoms with Gasteiger partial charge in [-0.1, -0.05) is 5.21 Å². The summed E-state index contributed by atoms with van der Waals surface area (Å²) >= 11 is 0. The lowest BCUT2D eigenvalue weighted by atomic mass is 10.1. The van der Waals surface area contributed by atoms with E-state index in [1.807, 2.05) is 16.8 Å². The highest BCUT2D eigenvalue weighted by Crippen LogP contribution is 2.39. The Hall–Kier alpha value is -2.04. The first kappa shape index (κ1) is 9.21. The third kappa shape index (κ3) is 1.41. The molecule has 0 unspecified atom stereocenters. The van der Waals surface area contributed by atoms with Crippen molar-refractivity contribution in [3.63, 3.8) is 0 Å². The van der Waals surface area contributed by atoms with Gasteiger partial charge in [0.2, 0.25) is 0 Å². The molecule has 1 heterocycles. The number of nitrogen functional groups attached to an aromatic ring is 1. The van der Waals surface area contributed by atoms with Crippen LogP contribution in [0.4, 0.5) is 5.82 Å². The summed E-state index contributed by atoms with van der Waals surface area (Å²) in [7, 11) is 0. The van der Waals surface area contributed by atoms with Gasteiger partial charge in [-0.15, -0.1) is 5.10 Å². The van der Waals surface area contributed by atoms with Gasteiger partial charge in [-0.25, -0.2) is 4.68 Å². The first-order chi connectivity index (χ1) is 7.75. The molecule has 1 aromatic heterocycles. The molecule has 0 bridgehead atoms. The minimum Gasteiger partial charge on any atom is -0.508 e. The van der Waals surface area contributed by atoms with Gasteiger partial charge in [0, 0.05) is 5.56 Å². The molecule has 1 aliphatic rings. The second-order valence-electron chi connectivity index (χ2n) is 4.05. The largest absolute Gasteiger partial charge is 0.508 e. The zero-order chi connectivity index (χ0) is 11.1. The maximum Gasteiger partial charge on any atom is 0.174 e. The smallest absolute Gasteiger partial charge is 0.174 e. The number of aromatic nitrogens is 3. The van der Waals surface area contributed by atoms with E-state index in [0.717, 1.165) is 24.1 Å². The minimum atomic E-state index is 0.243. The van der Waals surface area contributed by atoms with E-state index in [9.17, 15) is 5.11 Å². The number of phenols is 1. The van der Waals surface area contributed by atoms with Crippen LogP contribution in [0.3, 0.4) is 0 Å². The van der Waals surface area contributed by atoms with E-state index in [1.54, 1.807) is 12.1 Å². The first-order valence-corrected chi connectivity index (χ1v) is 5.26. The van der Waals surface area contributed by atoms with Gasteiger partial charge in [0.05, 0.1) is 6.04 Å². The summed E-state index contributed by atoms with van der Waals surface area (Å²) < 4.78 is 1.88. The minimum absolute atomic E-state index is 0.243. The Morgan fingerprint density at radius 3 is 2.56 bits per heavy atom. The average Bonchev–Trinajstić information content (AvgIpc) is 3.05. The molecule has 2 aromatic rings. The average molecular weight is 216 g/mol. The summed E-state index contributed by atoms with van der Waals surface area (Å²) in [6, 6.07) is 7.36. The number of hydrogen-bond donors (Lipinski definition) is 2. The molecule has 1 aromatic carbocycles. The fourth-order valence-electron chi connectivity index (χ4n) is 1.78. The summed E-state index contributed by atoms with van der Waals surface area (Å²) in [6.07, 6.45) is 2.27. The normalized spacial score (nSPS) is 15.2. The van der Waals surface area contributed by atoms with Gasteiger partial charge in [-0.2, -0.15) is 0 Å². The van der Waals surface area contributed by atoms with Crippen molar-refractivity contribution in [2.45, 2.75) is 18.9 Å². The highest BCUT2D eigenvalue weighted by molar-refractivity contribution is 5.70. The van der Waals surface area contributed by atoms with Crippen LogP contribution in [0.25, 0.3) is 11.3 Å². The van der Waals surface area contributed by atoms with Gasteiger partial charge in [0.25, 0.3) is 0 Å². The van der Waals surface area contributed by atoms with Gasteiger partial charge in [0.1, 0.15) is 11.4 Å². The van der Waals surface area contributed by atoms with Gasteiger partial charge >= 0.3 is 0 Å². The third-order valence-electron chi connectivity index (χ3n) is 2.75. The van der Waals surface area contributed by atoms with Crippen LogP contribution in [-0.4, -0.2) is 20.1 Å². The van der Waals surface area contributed by atoms with E-state index in [0.29, 0.717) is 11.9 Å². The van der Waals surface area contributed by atoms with E-state index in [2.05, 4.69) is 10.3 Å². The predicted octanol–water partition coefficient (Wildman–Crippen LogP) is 1.57. The molecule has 1 saturated carbocycles. The zero-order valence-corrected chi connectivity index (χ0v) is 8.67. The lowest BCUT2D eigenvalue weighted by Crippen LogP contribution is -2.00. The molecule has 3 N–H and O–H groups in total. The number of aromatic hydroxyl groups is 1. The van der Waals surface area contributed by atoms with Crippen molar-refractivity contribution in [2.24, 2.45) is 0 Å². The molecule has 0 radical (unpaired) electrons. The SMILES string of the molecule is Nc1nnn(C2CC2)c1-c1ccc(O)cc1. The van der Waals surface area contributed by atoms with E-state index in [-0.39, 0.29) is 5.75 Å². The van der Waals surface area contributed by atoms with E-state index < -0.39 is 0 Å². The molecule has 0 spiro atoms. The number of anilines is 1. The van der Waals surface area contributed by atoms with Crippen molar-refractivity contribution < 1.29 is 5.11 Å². The molecule has 5 heteroatoms. The summed E-state index contributed by atoms with van der Waals surface area (Å²) in [5.41, 5.74) is 7.61. The van der Waals surface area contributed by atoms with Crippen LogP contribution in [0.2, 0.25) is 0 Å². The van der Waals surface area contributed by atoms with Crippen molar-refractivity contribution in [3.05, 3.63) is 24.3 Å². The highest BCUT2D eigenvalue weighted by atomic mass is 16.3. The quantitative estimate of drug-likeness (QED) is 0.798. The van der Waals surface area contributed by atoms with Crippen molar-refractivity contribution in [3.8, 4) is 17.0 Å². The van der Waals surface area contributed by atoms with Gasteiger partial charge in [0.15, 0.2) is 5.82 Å². The molecule has 0 atom stereocenters. The Balaban J connectivity index is 2.10. The lowest BCUT2D eigenvalue weighted by Gasteiger charge is -2.05. The molecular weight excluding hydrogens is 204 g/mol. The number of phenolic OH excluding ortho intramolecular Hbond substituents is 1. The summed E-state index contributed by atoms with van der Waals surface area (Å²) in [5.74, 6) is 0.686. The molecule has 1 fully saturated rings. The molecule has 0 saturated heterocycles. The summed E-state index contributed by atoms with van der Waals surface area (Å²) in [5, 5.41) is 17.2. The van der Waals surface area contributed by atoms with Crippen molar-refractivity contribution >= 4 is 5.82 Å². The van der Waals surface area contributed by atoms with Crippen molar-refractivity contribution in [1.29, 1.82) is 0 Å². The number of rotatable bonds is 2. The Morgan fingerprint density at radius 1 is 1.25 bits per heavy atom. The maximum absolute atomic E-state index is 9.25. The second kappa shape index (κ2) is 3.23. The number of benzene rings is 1. The monoisotopic (exact) mass is 216 g/mol. The Morgan fingerprint density at radius 2 is 1.94 bits per heavy atom. The van der Waals surface area contributed by atoms with Gasteiger partial charge in [-0.05, 0) is 37.1 Å². The lowest BCUT2D eigenvalue weighted by molar-refractivity contribution is 0.475. The molecule has 3 rings (SSSR count). The number of nitrogens with two attached hydrogens (primary N) is 1. The van der Waals surface area contributed by atoms with E-state index in [1.165, 1.54) is 0 Å². The standard InChI is InChI=1S/C11H12N4O/c12-11-10(7-1-5-9(16)6-2-7)15(14-13-11)8-3-4-8/h1-2,5-6,8,16H,3-4,12H2. The van der Waals surface area contributed by atoms with E-state index in [4.69, 9.17) is 5.73 Å². The molecular formula is C11H12N4O. The number of hydrogen-bond acceptors (Lipinski definition) is 4. The molecule has 1 aliphatic carbocycles. The molecule has 0 amide bonds. The van der Waals surface area contributed by atoms with Crippen LogP contribution in [-0.2, 0) is 0 Å². The van der Waals surface area contributed by atoms with Crippen LogP contribution in [0.5, 0.6) is 5.75 Å². The number of nitrogens with zero attached hydrogens (tertiary/aromatic N) is 3. The first-order valence-electron chi connectivity index (χ1n) is 5.26. The molecule has 5 nitrogen and oxygen atoms in total. The topological polar surface area (TPSA) is 77.0 Å². The van der Waals surface area contributed by atoms with Crippen LogP contribution < -0.4 is 5.73 Å². The predicted molar refractivity (Wildman–Crippen MR) is 59.8 cm³/mol. The zero-order valence-electron chi connectivity index (χ0n) is 8.67. The van der Waals surface area contributed by atoms with Crippen LogP contribution in [0.1, 0.15) is 18.9 Å². The summed E-state index contributed by atoms with van der Waals surface area (Å²) in [4.78, 5) is 0. The van der Waals surface area contributed by atoms with Crippen molar-refractivity contribution in [1.82, 2.24) is 15.0 Å². The molecule has 82 valence electrons. The fraction of sp³-hybridized carbons (Fsp3) is 0.273. The highest BCUT2D eigenvalue weighted by Gasteiger charge is 2.28.